The number of rotatable bonds is 3. The first kappa shape index (κ1) is 15.0. The second kappa shape index (κ2) is 5.68. The molecule has 0 radical (unpaired) electrons. The number of carbonyl (C=O) groups excluding carboxylic acids is 1. The first-order valence-electron chi connectivity index (χ1n) is 6.86. The van der Waals surface area contributed by atoms with Gasteiger partial charge in [0.2, 0.25) is 5.91 Å². The zero-order chi connectivity index (χ0) is 16.6. The summed E-state index contributed by atoms with van der Waals surface area (Å²) in [5.41, 5.74) is 1.13. The summed E-state index contributed by atoms with van der Waals surface area (Å²) in [4.78, 5) is 24.3. The standard InChI is InChI=1S/C16H13F2N3O2/c1-20-13-4-2-3-5-14(13)21(16(20)23)9-15(22)19-10-6-7-11(17)12(18)8-10/h2-8H,9H2,1H3,(H,19,22). The van der Waals surface area contributed by atoms with Crippen molar-refractivity contribution in [1.82, 2.24) is 9.13 Å². The summed E-state index contributed by atoms with van der Waals surface area (Å²) in [6.07, 6.45) is 0. The van der Waals surface area contributed by atoms with E-state index in [-0.39, 0.29) is 17.9 Å². The van der Waals surface area contributed by atoms with Gasteiger partial charge in [-0.15, -0.1) is 0 Å². The Bertz CT molecular complexity index is 960. The molecule has 2 aromatic carbocycles. The molecule has 3 aromatic rings. The van der Waals surface area contributed by atoms with Crippen LogP contribution in [-0.2, 0) is 18.4 Å². The van der Waals surface area contributed by atoms with E-state index in [1.54, 1.807) is 31.3 Å². The maximum absolute atomic E-state index is 13.1. The Kier molecular flexibility index (Phi) is 3.69. The minimum absolute atomic E-state index is 0.127. The number of nitrogens with zero attached hydrogens (tertiary/aromatic N) is 2. The Balaban J connectivity index is 1.87. The van der Waals surface area contributed by atoms with Crippen LogP contribution in [0.15, 0.2) is 47.3 Å². The number of amides is 1. The second-order valence-electron chi connectivity index (χ2n) is 5.09. The SMILES string of the molecule is Cn1c(=O)n(CC(=O)Nc2ccc(F)c(F)c2)c2ccccc21. The van der Waals surface area contributed by atoms with Gasteiger partial charge in [-0.1, -0.05) is 12.1 Å². The molecule has 3 rings (SSSR count). The van der Waals surface area contributed by atoms with E-state index in [1.165, 1.54) is 15.2 Å². The Morgan fingerprint density at radius 2 is 1.78 bits per heavy atom. The predicted molar refractivity (Wildman–Crippen MR) is 82.2 cm³/mol. The average Bonchev–Trinajstić information content (AvgIpc) is 2.76. The van der Waals surface area contributed by atoms with Crippen LogP contribution in [0.4, 0.5) is 14.5 Å². The van der Waals surface area contributed by atoms with Gasteiger partial charge in [0.15, 0.2) is 11.6 Å². The molecule has 23 heavy (non-hydrogen) atoms. The number of hydrogen-bond acceptors (Lipinski definition) is 2. The molecule has 0 unspecified atom stereocenters. The molecule has 5 nitrogen and oxygen atoms in total. The highest BCUT2D eigenvalue weighted by molar-refractivity contribution is 5.91. The van der Waals surface area contributed by atoms with Crippen LogP contribution < -0.4 is 11.0 Å². The number of aryl methyl sites for hydroxylation is 1. The predicted octanol–water partition coefficient (Wildman–Crippen LogP) is 2.26. The molecular formula is C16H13F2N3O2. The molecule has 1 heterocycles. The number of anilines is 1. The molecule has 0 bridgehead atoms. The number of aromatic nitrogens is 2. The summed E-state index contributed by atoms with van der Waals surface area (Å²) in [7, 11) is 1.62. The number of benzene rings is 2. The van der Waals surface area contributed by atoms with Gasteiger partial charge < -0.3 is 5.32 Å². The number of imidazole rings is 1. The van der Waals surface area contributed by atoms with E-state index in [1.807, 2.05) is 0 Å². The summed E-state index contributed by atoms with van der Waals surface area (Å²) in [5.74, 6) is -2.55. The Hall–Kier alpha value is -2.96. The molecule has 0 saturated carbocycles. The highest BCUT2D eigenvalue weighted by Crippen LogP contribution is 2.14. The summed E-state index contributed by atoms with van der Waals surface area (Å²) >= 11 is 0. The lowest BCUT2D eigenvalue weighted by Crippen LogP contribution is -2.28. The molecule has 7 heteroatoms. The summed E-state index contributed by atoms with van der Waals surface area (Å²) in [6.45, 7) is -0.223. The quantitative estimate of drug-likeness (QED) is 0.805. The molecule has 1 N–H and O–H groups in total. The molecule has 0 saturated heterocycles. The fraction of sp³-hybridized carbons (Fsp3) is 0.125. The van der Waals surface area contributed by atoms with Gasteiger partial charge in [-0.25, -0.2) is 13.6 Å². The van der Waals surface area contributed by atoms with Crippen molar-refractivity contribution in [2.75, 3.05) is 5.32 Å². The summed E-state index contributed by atoms with van der Waals surface area (Å²) in [6, 6.07) is 10.2. The first-order chi connectivity index (χ1) is 11.0. The molecule has 1 amide bonds. The third kappa shape index (κ3) is 2.73. The van der Waals surface area contributed by atoms with Gasteiger partial charge in [0.1, 0.15) is 6.54 Å². The molecule has 0 aliphatic rings. The van der Waals surface area contributed by atoms with Gasteiger partial charge in [-0.3, -0.25) is 13.9 Å². The van der Waals surface area contributed by atoms with E-state index in [0.29, 0.717) is 11.0 Å². The van der Waals surface area contributed by atoms with E-state index in [9.17, 15) is 18.4 Å². The molecular weight excluding hydrogens is 304 g/mol. The number of hydrogen-bond donors (Lipinski definition) is 1. The molecule has 0 spiro atoms. The van der Waals surface area contributed by atoms with Crippen molar-refractivity contribution in [1.29, 1.82) is 0 Å². The van der Waals surface area contributed by atoms with Crippen LogP contribution in [0.25, 0.3) is 11.0 Å². The van der Waals surface area contributed by atoms with E-state index in [2.05, 4.69) is 5.32 Å². The Morgan fingerprint density at radius 3 is 2.48 bits per heavy atom. The lowest BCUT2D eigenvalue weighted by molar-refractivity contribution is -0.116. The van der Waals surface area contributed by atoms with E-state index in [0.717, 1.165) is 12.1 Å². The third-order valence-corrected chi connectivity index (χ3v) is 3.56. The van der Waals surface area contributed by atoms with Gasteiger partial charge in [0.25, 0.3) is 0 Å². The van der Waals surface area contributed by atoms with Crippen LogP contribution >= 0.6 is 0 Å². The number of fused-ring (bicyclic) bond motifs is 1. The van der Waals surface area contributed by atoms with E-state index in [4.69, 9.17) is 0 Å². The monoisotopic (exact) mass is 317 g/mol. The Morgan fingerprint density at radius 1 is 1.09 bits per heavy atom. The van der Waals surface area contributed by atoms with Crippen LogP contribution in [0.3, 0.4) is 0 Å². The van der Waals surface area contributed by atoms with Gasteiger partial charge in [-0.2, -0.15) is 0 Å². The minimum Gasteiger partial charge on any atom is -0.324 e. The van der Waals surface area contributed by atoms with Gasteiger partial charge in [-0.05, 0) is 24.3 Å². The largest absolute Gasteiger partial charge is 0.329 e. The summed E-state index contributed by atoms with van der Waals surface area (Å²) in [5, 5.41) is 2.45. The fourth-order valence-electron chi connectivity index (χ4n) is 2.43. The van der Waals surface area contributed by atoms with Gasteiger partial charge >= 0.3 is 5.69 Å². The van der Waals surface area contributed by atoms with E-state index >= 15 is 0 Å². The van der Waals surface area contributed by atoms with Crippen LogP contribution in [0.5, 0.6) is 0 Å². The van der Waals surface area contributed by atoms with Crippen molar-refractivity contribution in [2.24, 2.45) is 7.05 Å². The lowest BCUT2D eigenvalue weighted by Gasteiger charge is -2.06. The molecule has 0 aliphatic carbocycles. The van der Waals surface area contributed by atoms with Crippen LogP contribution in [0.1, 0.15) is 0 Å². The fourth-order valence-corrected chi connectivity index (χ4v) is 2.43. The molecule has 1 aromatic heterocycles. The maximum Gasteiger partial charge on any atom is 0.329 e. The highest BCUT2D eigenvalue weighted by Gasteiger charge is 2.13. The number of para-hydroxylation sites is 2. The zero-order valence-corrected chi connectivity index (χ0v) is 12.2. The molecule has 0 aliphatic heterocycles. The van der Waals surface area contributed by atoms with Gasteiger partial charge in [0, 0.05) is 18.8 Å². The minimum atomic E-state index is -1.05. The first-order valence-corrected chi connectivity index (χ1v) is 6.86. The average molecular weight is 317 g/mol. The van der Waals surface area contributed by atoms with Crippen LogP contribution in [0, 0.1) is 11.6 Å². The van der Waals surface area contributed by atoms with Gasteiger partial charge in [0.05, 0.1) is 11.0 Å². The molecule has 0 fully saturated rings. The van der Waals surface area contributed by atoms with Crippen molar-refractivity contribution in [3.63, 3.8) is 0 Å². The second-order valence-corrected chi connectivity index (χ2v) is 5.09. The van der Waals surface area contributed by atoms with Crippen molar-refractivity contribution in [3.05, 3.63) is 64.6 Å². The molecule has 118 valence electrons. The number of carbonyl (C=O) groups is 1. The van der Waals surface area contributed by atoms with E-state index < -0.39 is 17.5 Å². The van der Waals surface area contributed by atoms with Crippen molar-refractivity contribution in [3.8, 4) is 0 Å². The van der Waals surface area contributed by atoms with Crippen molar-refractivity contribution in [2.45, 2.75) is 6.54 Å². The van der Waals surface area contributed by atoms with Crippen LogP contribution in [0.2, 0.25) is 0 Å². The zero-order valence-electron chi connectivity index (χ0n) is 12.2. The van der Waals surface area contributed by atoms with Crippen molar-refractivity contribution >= 4 is 22.6 Å². The normalized spacial score (nSPS) is 10.9. The topological polar surface area (TPSA) is 56.0 Å². The highest BCUT2D eigenvalue weighted by atomic mass is 19.2. The maximum atomic E-state index is 13.1. The third-order valence-electron chi connectivity index (χ3n) is 3.56. The lowest BCUT2D eigenvalue weighted by atomic mass is 10.3. The number of halogens is 2. The van der Waals surface area contributed by atoms with Crippen molar-refractivity contribution < 1.29 is 13.6 Å². The molecule has 0 atom stereocenters. The summed E-state index contributed by atoms with van der Waals surface area (Å²) < 4.78 is 28.8. The van der Waals surface area contributed by atoms with Crippen LogP contribution in [-0.4, -0.2) is 15.0 Å². The Labute approximate surface area is 129 Å². The number of nitrogens with one attached hydrogen (secondary N) is 1. The smallest absolute Gasteiger partial charge is 0.324 e.